The number of benzene rings is 3. The number of nitrogens with zero attached hydrogens (tertiary/aromatic N) is 4. The molecule has 160 valence electrons. The van der Waals surface area contributed by atoms with E-state index in [1.54, 1.807) is 12.1 Å². The molecule has 31 heavy (non-hydrogen) atoms. The van der Waals surface area contributed by atoms with Gasteiger partial charge < -0.3 is 5.11 Å². The molecule has 0 radical (unpaired) electrons. The number of sulfonamides is 2. The minimum Gasteiger partial charge on any atom is -0.507 e. The van der Waals surface area contributed by atoms with Gasteiger partial charge in [0, 0.05) is 10.8 Å². The molecule has 0 saturated carbocycles. The highest BCUT2D eigenvalue weighted by atomic mass is 32.2. The van der Waals surface area contributed by atoms with Gasteiger partial charge in [0.2, 0.25) is 20.0 Å². The molecule has 0 atom stereocenters. The first-order chi connectivity index (χ1) is 14.5. The summed E-state index contributed by atoms with van der Waals surface area (Å²) in [5.74, 6) is -0.0605. The second-order valence-corrected chi connectivity index (χ2v) is 10.3. The van der Waals surface area contributed by atoms with Crippen LogP contribution in [0.3, 0.4) is 0 Å². The van der Waals surface area contributed by atoms with Crippen molar-refractivity contribution in [3.05, 3.63) is 42.5 Å². The minimum atomic E-state index is -4.00. The molecule has 1 heterocycles. The van der Waals surface area contributed by atoms with Crippen molar-refractivity contribution in [1.29, 1.82) is 0 Å². The van der Waals surface area contributed by atoms with E-state index in [0.29, 0.717) is 10.8 Å². The summed E-state index contributed by atoms with van der Waals surface area (Å²) in [6, 6.07) is 10.3. The van der Waals surface area contributed by atoms with Crippen LogP contribution >= 0.6 is 11.7 Å². The van der Waals surface area contributed by atoms with E-state index in [4.69, 9.17) is 5.14 Å². The molecule has 4 aromatic rings. The second-order valence-electron chi connectivity index (χ2n) is 6.50. The Labute approximate surface area is 180 Å². The number of hydrogen-bond donors (Lipinski definition) is 3. The lowest BCUT2D eigenvalue weighted by Gasteiger charge is -2.11. The highest BCUT2D eigenvalue weighted by Crippen LogP contribution is 2.39. The first-order valence-electron chi connectivity index (χ1n) is 8.47. The summed E-state index contributed by atoms with van der Waals surface area (Å²) in [6.07, 6.45) is 1.01. The zero-order valence-corrected chi connectivity index (χ0v) is 18.2. The molecule has 0 aliphatic carbocycles. The molecule has 0 saturated heterocycles. The van der Waals surface area contributed by atoms with E-state index in [-0.39, 0.29) is 38.7 Å². The Kier molecular flexibility index (Phi) is 5.09. The second kappa shape index (κ2) is 7.49. The summed E-state index contributed by atoms with van der Waals surface area (Å²) in [5, 5.41) is 24.5. The Morgan fingerprint density at radius 1 is 0.968 bits per heavy atom. The summed E-state index contributed by atoms with van der Waals surface area (Å²) >= 11 is 0.801. The number of nitrogens with one attached hydrogen (secondary N) is 1. The predicted molar refractivity (Wildman–Crippen MR) is 117 cm³/mol. The van der Waals surface area contributed by atoms with Crippen LogP contribution in [0.25, 0.3) is 21.8 Å². The van der Waals surface area contributed by atoms with Crippen molar-refractivity contribution in [2.45, 2.75) is 4.90 Å². The first-order valence-corrected chi connectivity index (χ1v) is 12.6. The number of aromatic hydroxyl groups is 1. The van der Waals surface area contributed by atoms with Gasteiger partial charge in [-0.3, -0.25) is 4.72 Å². The average Bonchev–Trinajstić information content (AvgIpc) is 3.15. The summed E-state index contributed by atoms with van der Waals surface area (Å²) in [5.41, 5.74) is 1.02. The van der Waals surface area contributed by atoms with Crippen LogP contribution < -0.4 is 9.86 Å². The number of anilines is 1. The number of rotatable bonds is 5. The van der Waals surface area contributed by atoms with Crippen molar-refractivity contribution < 1.29 is 21.9 Å². The molecule has 4 rings (SSSR count). The molecule has 0 spiro atoms. The minimum absolute atomic E-state index is 0.0605. The van der Waals surface area contributed by atoms with Gasteiger partial charge in [-0.25, -0.2) is 22.0 Å². The van der Waals surface area contributed by atoms with Crippen molar-refractivity contribution in [3.8, 4) is 5.75 Å². The summed E-state index contributed by atoms with van der Waals surface area (Å²) in [7, 11) is -7.60. The highest BCUT2D eigenvalue weighted by molar-refractivity contribution is 7.92. The molecule has 1 aromatic heterocycles. The number of phenols is 1. The molecular weight excluding hydrogens is 464 g/mol. The normalized spacial score (nSPS) is 12.7. The van der Waals surface area contributed by atoms with Crippen LogP contribution in [0.2, 0.25) is 0 Å². The number of aromatic nitrogens is 2. The van der Waals surface area contributed by atoms with Crippen LogP contribution in [0, 0.1) is 0 Å². The maximum absolute atomic E-state index is 11.7. The Hall–Kier alpha value is -3.20. The van der Waals surface area contributed by atoms with E-state index < -0.39 is 20.0 Å². The molecule has 14 heteroatoms. The molecule has 3 aromatic carbocycles. The lowest BCUT2D eigenvalue weighted by molar-refractivity contribution is 0.481. The molecular formula is C17H14N6O5S3. The fraction of sp³-hybridized carbons (Fsp3) is 0.0588. The number of fused-ring (bicyclic) bond motifs is 2. The quantitative estimate of drug-likeness (QED) is 0.369. The van der Waals surface area contributed by atoms with Crippen LogP contribution in [0.15, 0.2) is 57.6 Å². The third-order valence-corrected chi connectivity index (χ3v) is 6.28. The van der Waals surface area contributed by atoms with Gasteiger partial charge in [-0.1, -0.05) is 12.1 Å². The number of azo groups is 1. The van der Waals surface area contributed by atoms with Gasteiger partial charge in [0.25, 0.3) is 0 Å². The van der Waals surface area contributed by atoms with Crippen molar-refractivity contribution >= 4 is 70.6 Å². The van der Waals surface area contributed by atoms with E-state index in [1.165, 1.54) is 30.3 Å². The van der Waals surface area contributed by atoms with Gasteiger partial charge in [0.15, 0.2) is 0 Å². The maximum atomic E-state index is 11.7. The Balaban J connectivity index is 1.88. The van der Waals surface area contributed by atoms with Crippen molar-refractivity contribution in [2.75, 3.05) is 11.0 Å². The molecule has 11 nitrogen and oxygen atoms in total. The SMILES string of the molecule is CS(=O)(=O)Nc1cccc2c(O)ccc(N=Nc3ccc(S(N)(=O)=O)c4nsnc34)c12. The Morgan fingerprint density at radius 2 is 1.65 bits per heavy atom. The average molecular weight is 479 g/mol. The lowest BCUT2D eigenvalue weighted by atomic mass is 10.1. The number of phenolic OH excluding ortho intramolecular Hbond substituents is 1. The van der Waals surface area contributed by atoms with Crippen LogP contribution in [-0.4, -0.2) is 36.9 Å². The summed E-state index contributed by atoms with van der Waals surface area (Å²) in [6.45, 7) is 0. The van der Waals surface area contributed by atoms with Crippen molar-refractivity contribution in [1.82, 2.24) is 8.75 Å². The molecule has 4 N–H and O–H groups in total. The monoisotopic (exact) mass is 478 g/mol. The summed E-state index contributed by atoms with van der Waals surface area (Å²) in [4.78, 5) is -0.176. The lowest BCUT2D eigenvalue weighted by Crippen LogP contribution is -2.12. The number of hydrogen-bond acceptors (Lipinski definition) is 10. The van der Waals surface area contributed by atoms with Gasteiger partial charge in [-0.05, 0) is 30.3 Å². The van der Waals surface area contributed by atoms with E-state index in [2.05, 4.69) is 23.7 Å². The van der Waals surface area contributed by atoms with Gasteiger partial charge in [-0.2, -0.15) is 8.75 Å². The van der Waals surface area contributed by atoms with Crippen molar-refractivity contribution in [2.24, 2.45) is 15.4 Å². The Morgan fingerprint density at radius 3 is 2.35 bits per heavy atom. The number of primary sulfonamides is 1. The molecule has 0 unspecified atom stereocenters. The largest absolute Gasteiger partial charge is 0.507 e. The fourth-order valence-electron chi connectivity index (χ4n) is 2.99. The summed E-state index contributed by atoms with van der Waals surface area (Å²) < 4.78 is 57.4. The van der Waals surface area contributed by atoms with Gasteiger partial charge in [-0.15, -0.1) is 10.2 Å². The molecule has 0 aliphatic heterocycles. The zero-order valence-electron chi connectivity index (χ0n) is 15.7. The predicted octanol–water partition coefficient (Wildman–Crippen LogP) is 2.98. The molecule has 0 bridgehead atoms. The van der Waals surface area contributed by atoms with E-state index >= 15 is 0 Å². The molecule has 0 aliphatic rings. The first kappa shape index (κ1) is 21.0. The maximum Gasteiger partial charge on any atom is 0.240 e. The third kappa shape index (κ3) is 4.18. The Bertz CT molecular complexity index is 1580. The van der Waals surface area contributed by atoms with Crippen LogP contribution in [-0.2, 0) is 20.0 Å². The highest BCUT2D eigenvalue weighted by Gasteiger charge is 2.18. The van der Waals surface area contributed by atoms with E-state index in [0.717, 1.165) is 18.0 Å². The standard InChI is InChI=1S/C17H14N6O5S3/c1-30(25,26)23-11-4-2-3-9-13(24)7-5-10(15(9)11)19-20-12-6-8-14(31(18,27)28)17-16(12)21-29-22-17/h2-8,23-24H,1H3,(H2,18,27,28). The van der Waals surface area contributed by atoms with E-state index in [1.807, 2.05) is 0 Å². The van der Waals surface area contributed by atoms with Crippen LogP contribution in [0.4, 0.5) is 17.1 Å². The van der Waals surface area contributed by atoms with Gasteiger partial charge in [0.1, 0.15) is 27.4 Å². The zero-order chi connectivity index (χ0) is 22.4. The smallest absolute Gasteiger partial charge is 0.240 e. The molecule has 0 fully saturated rings. The van der Waals surface area contributed by atoms with E-state index in [9.17, 15) is 21.9 Å². The topological polar surface area (TPSA) is 177 Å². The van der Waals surface area contributed by atoms with Crippen molar-refractivity contribution in [3.63, 3.8) is 0 Å². The van der Waals surface area contributed by atoms with Gasteiger partial charge >= 0.3 is 0 Å². The third-order valence-electron chi connectivity index (χ3n) is 4.22. The van der Waals surface area contributed by atoms with Crippen LogP contribution in [0.5, 0.6) is 5.75 Å². The number of nitrogens with two attached hydrogens (primary N) is 1. The van der Waals surface area contributed by atoms with Crippen LogP contribution in [0.1, 0.15) is 0 Å². The fourth-order valence-corrected chi connectivity index (χ4v) is 4.86. The van der Waals surface area contributed by atoms with Gasteiger partial charge in [0.05, 0.1) is 29.4 Å². The molecule has 0 amide bonds.